The zero-order chi connectivity index (χ0) is 33.4. The largest absolute Gasteiger partial charge is 0.421 e. The number of carbonyl (C=O) groups is 2. The van der Waals surface area contributed by atoms with E-state index >= 15 is 0 Å². The quantitative estimate of drug-likeness (QED) is 0.104. The van der Waals surface area contributed by atoms with Gasteiger partial charge in [0.05, 0.1) is 18.4 Å². The summed E-state index contributed by atoms with van der Waals surface area (Å²) in [5.74, 6) is -1.02. The highest BCUT2D eigenvalue weighted by Gasteiger charge is 2.35. The monoisotopic (exact) mass is 645 g/mol. The Morgan fingerprint density at radius 1 is 1.04 bits per heavy atom. The number of nitrogens with zero attached hydrogens (tertiary/aromatic N) is 3. The third kappa shape index (κ3) is 8.44. The molecule has 0 saturated carbocycles. The highest BCUT2D eigenvalue weighted by atomic mass is 19.4. The Morgan fingerprint density at radius 3 is 2.57 bits per heavy atom. The molecule has 1 unspecified atom stereocenters. The Bertz CT molecular complexity index is 1730. The molecule has 1 aromatic heterocycles. The van der Waals surface area contributed by atoms with E-state index in [-0.39, 0.29) is 29.0 Å². The molecule has 47 heavy (non-hydrogen) atoms. The SMILES string of the molecule is C=CC(=O)N1CCCC(c2cccc(NCc3ccc(Nc4ncc(C(F)(F)F)c(Nc5ccccc5C(=O)NOC)n4)cc3)c2)C1. The van der Waals surface area contributed by atoms with Gasteiger partial charge in [-0.2, -0.15) is 18.2 Å². The van der Waals surface area contributed by atoms with E-state index in [2.05, 4.69) is 54.9 Å². The zero-order valence-corrected chi connectivity index (χ0v) is 25.6. The van der Waals surface area contributed by atoms with Crippen molar-refractivity contribution in [1.29, 1.82) is 0 Å². The first-order valence-electron chi connectivity index (χ1n) is 14.9. The molecule has 13 heteroatoms. The number of likely N-dealkylation sites (tertiary alicyclic amines) is 1. The number of piperidine rings is 1. The van der Waals surface area contributed by atoms with Crippen LogP contribution >= 0.6 is 0 Å². The number of para-hydroxylation sites is 1. The van der Waals surface area contributed by atoms with E-state index < -0.39 is 23.5 Å². The number of benzene rings is 3. The number of rotatable bonds is 11. The summed E-state index contributed by atoms with van der Waals surface area (Å²) >= 11 is 0. The van der Waals surface area contributed by atoms with Gasteiger partial charge in [0.25, 0.3) is 5.91 Å². The summed E-state index contributed by atoms with van der Waals surface area (Å²) in [6.45, 7) is 5.56. The number of halogens is 3. The molecule has 2 amide bonds. The van der Waals surface area contributed by atoms with Crippen LogP contribution in [-0.4, -0.2) is 46.9 Å². The fraction of sp³-hybridized carbons (Fsp3) is 0.235. The van der Waals surface area contributed by atoms with Crippen LogP contribution in [0.1, 0.15) is 45.8 Å². The Labute approximate surface area is 270 Å². The van der Waals surface area contributed by atoms with Gasteiger partial charge in [-0.25, -0.2) is 10.5 Å². The van der Waals surface area contributed by atoms with E-state index in [9.17, 15) is 22.8 Å². The minimum Gasteiger partial charge on any atom is -0.381 e. The van der Waals surface area contributed by atoms with Gasteiger partial charge in [-0.05, 0) is 66.4 Å². The van der Waals surface area contributed by atoms with Gasteiger partial charge in [-0.15, -0.1) is 0 Å². The van der Waals surface area contributed by atoms with Gasteiger partial charge < -0.3 is 20.9 Å². The van der Waals surface area contributed by atoms with Crippen molar-refractivity contribution in [3.05, 3.63) is 114 Å². The average molecular weight is 646 g/mol. The maximum absolute atomic E-state index is 13.8. The first kappa shape index (κ1) is 32.9. The third-order valence-electron chi connectivity index (χ3n) is 7.69. The van der Waals surface area contributed by atoms with Crippen molar-refractivity contribution in [3.8, 4) is 0 Å². The molecule has 3 aromatic carbocycles. The van der Waals surface area contributed by atoms with E-state index in [4.69, 9.17) is 0 Å². The van der Waals surface area contributed by atoms with Crippen molar-refractivity contribution >= 4 is 40.6 Å². The van der Waals surface area contributed by atoms with E-state index in [1.165, 1.54) is 30.9 Å². The summed E-state index contributed by atoms with van der Waals surface area (Å²) in [5, 5.41) is 9.01. The highest BCUT2D eigenvalue weighted by molar-refractivity contribution is 5.99. The maximum Gasteiger partial charge on any atom is 0.421 e. The number of nitrogens with one attached hydrogen (secondary N) is 4. The number of hydrogen-bond acceptors (Lipinski definition) is 8. The van der Waals surface area contributed by atoms with Crippen LogP contribution in [0, 0.1) is 0 Å². The van der Waals surface area contributed by atoms with Gasteiger partial charge in [0.15, 0.2) is 0 Å². The molecule has 4 N–H and O–H groups in total. The molecule has 5 rings (SSSR count). The van der Waals surface area contributed by atoms with E-state index in [1.54, 1.807) is 24.3 Å². The molecule has 1 saturated heterocycles. The lowest BCUT2D eigenvalue weighted by Crippen LogP contribution is -2.38. The molecule has 0 bridgehead atoms. The normalized spacial score (nSPS) is 14.6. The van der Waals surface area contributed by atoms with Crippen molar-refractivity contribution in [3.63, 3.8) is 0 Å². The van der Waals surface area contributed by atoms with E-state index in [1.807, 2.05) is 29.2 Å². The average Bonchev–Trinajstić information content (AvgIpc) is 3.08. The van der Waals surface area contributed by atoms with Crippen LogP contribution in [0.2, 0.25) is 0 Å². The third-order valence-corrected chi connectivity index (χ3v) is 7.69. The van der Waals surface area contributed by atoms with Crippen LogP contribution in [-0.2, 0) is 22.4 Å². The first-order valence-corrected chi connectivity index (χ1v) is 14.9. The fourth-order valence-electron chi connectivity index (χ4n) is 5.33. The van der Waals surface area contributed by atoms with Gasteiger partial charge >= 0.3 is 6.18 Å². The summed E-state index contributed by atoms with van der Waals surface area (Å²) in [6, 6.07) is 21.5. The molecule has 1 fully saturated rings. The summed E-state index contributed by atoms with van der Waals surface area (Å²) in [7, 11) is 1.25. The lowest BCUT2D eigenvalue weighted by molar-refractivity contribution is -0.137. The number of hydrogen-bond donors (Lipinski definition) is 4. The van der Waals surface area contributed by atoms with Crippen molar-refractivity contribution in [2.75, 3.05) is 36.1 Å². The first-order chi connectivity index (χ1) is 22.6. The van der Waals surface area contributed by atoms with Crippen LogP contribution in [0.25, 0.3) is 0 Å². The van der Waals surface area contributed by atoms with Crippen molar-refractivity contribution in [2.24, 2.45) is 0 Å². The molecular formula is C34H34F3N7O3. The number of alkyl halides is 3. The molecule has 0 aliphatic carbocycles. The van der Waals surface area contributed by atoms with Crippen LogP contribution < -0.4 is 21.4 Å². The summed E-state index contributed by atoms with van der Waals surface area (Å²) in [5.41, 5.74) is 4.89. The molecular weight excluding hydrogens is 611 g/mol. The molecule has 0 radical (unpaired) electrons. The molecule has 2 heterocycles. The van der Waals surface area contributed by atoms with Crippen LogP contribution in [0.3, 0.4) is 0 Å². The number of anilines is 5. The van der Waals surface area contributed by atoms with Crippen LogP contribution in [0.4, 0.5) is 42.0 Å². The predicted octanol–water partition coefficient (Wildman–Crippen LogP) is 6.78. The van der Waals surface area contributed by atoms with Gasteiger partial charge in [0.2, 0.25) is 11.9 Å². The maximum atomic E-state index is 13.8. The number of aromatic nitrogens is 2. The second-order valence-corrected chi connectivity index (χ2v) is 10.9. The van der Waals surface area contributed by atoms with Gasteiger partial charge in [0, 0.05) is 43.1 Å². The fourth-order valence-corrected chi connectivity index (χ4v) is 5.33. The van der Waals surface area contributed by atoms with Crippen molar-refractivity contribution in [1.82, 2.24) is 20.3 Å². The second kappa shape index (κ2) is 14.8. The topological polar surface area (TPSA) is 121 Å². The smallest absolute Gasteiger partial charge is 0.381 e. The van der Waals surface area contributed by atoms with Gasteiger partial charge in [-0.3, -0.25) is 14.4 Å². The molecule has 1 atom stereocenters. The van der Waals surface area contributed by atoms with Crippen LogP contribution in [0.5, 0.6) is 0 Å². The molecule has 1 aliphatic rings. The van der Waals surface area contributed by atoms with E-state index in [0.717, 1.165) is 30.6 Å². The standard InChI is InChI=1S/C34H34F3N7O3/c1-3-30(45)44-17-7-9-24(21-44)23-8-6-10-26(18-23)38-19-22-13-15-25(16-14-22)40-33-39-20-28(34(35,36)37)31(42-33)41-29-12-5-4-11-27(29)32(46)43-47-2/h3-6,8,10-16,18,20,24,38H,1,7,9,17,19,21H2,2H3,(H,43,46)(H2,39,40,41,42). The molecule has 244 valence electrons. The second-order valence-electron chi connectivity index (χ2n) is 10.9. The Kier molecular flexibility index (Phi) is 10.4. The summed E-state index contributed by atoms with van der Waals surface area (Å²) in [6.07, 6.45) is -0.748. The minimum absolute atomic E-state index is 0.0427. The molecule has 4 aromatic rings. The van der Waals surface area contributed by atoms with Crippen molar-refractivity contribution < 1.29 is 27.6 Å². The number of carbonyl (C=O) groups excluding carboxylic acids is 2. The Balaban J connectivity index is 1.25. The number of amides is 2. The Morgan fingerprint density at radius 2 is 1.83 bits per heavy atom. The van der Waals surface area contributed by atoms with Crippen LogP contribution in [0.15, 0.2) is 91.6 Å². The Hall–Kier alpha value is -5.43. The molecule has 1 aliphatic heterocycles. The van der Waals surface area contributed by atoms with Gasteiger partial charge in [0.1, 0.15) is 11.4 Å². The lowest BCUT2D eigenvalue weighted by atomic mass is 9.90. The van der Waals surface area contributed by atoms with Gasteiger partial charge in [-0.1, -0.05) is 43.0 Å². The summed E-state index contributed by atoms with van der Waals surface area (Å²) in [4.78, 5) is 38.9. The lowest BCUT2D eigenvalue weighted by Gasteiger charge is -2.32. The zero-order valence-electron chi connectivity index (χ0n) is 25.6. The minimum atomic E-state index is -4.75. The predicted molar refractivity (Wildman–Crippen MR) is 173 cm³/mol. The molecule has 0 spiro atoms. The summed E-state index contributed by atoms with van der Waals surface area (Å²) < 4.78 is 41.5. The molecule has 10 nitrogen and oxygen atoms in total. The van der Waals surface area contributed by atoms with E-state index in [0.29, 0.717) is 25.0 Å². The number of hydroxylamine groups is 1. The van der Waals surface area contributed by atoms with Crippen molar-refractivity contribution in [2.45, 2.75) is 31.5 Å². The highest BCUT2D eigenvalue weighted by Crippen LogP contribution is 2.36.